The molecule has 0 unspecified atom stereocenters. The van der Waals surface area contributed by atoms with Crippen LogP contribution in [0.4, 0.5) is 0 Å². The number of likely N-dealkylation sites (tertiary alicyclic amines) is 1. The summed E-state index contributed by atoms with van der Waals surface area (Å²) in [6, 6.07) is 0. The van der Waals surface area contributed by atoms with Crippen LogP contribution in [0.1, 0.15) is 33.1 Å². The Balaban J connectivity index is 1.98. The highest BCUT2D eigenvalue weighted by molar-refractivity contribution is 4.72. The Morgan fingerprint density at radius 2 is 1.89 bits per heavy atom. The van der Waals surface area contributed by atoms with Crippen molar-refractivity contribution >= 4 is 0 Å². The number of piperidine rings is 1. The topological polar surface area (TPSA) is 18.5 Å². The van der Waals surface area contributed by atoms with E-state index in [9.17, 15) is 0 Å². The Labute approximate surface area is 114 Å². The minimum absolute atomic E-state index is 0.814. The van der Waals surface area contributed by atoms with Crippen molar-refractivity contribution in [2.45, 2.75) is 33.1 Å². The first-order chi connectivity index (χ1) is 8.58. The van der Waals surface area contributed by atoms with Crippen LogP contribution in [0.5, 0.6) is 0 Å². The van der Waals surface area contributed by atoms with Crippen LogP contribution in [0.25, 0.3) is 0 Å². The molecule has 0 amide bonds. The van der Waals surface area contributed by atoms with E-state index in [0.29, 0.717) is 0 Å². The second kappa shape index (κ2) is 8.89. The molecule has 0 radical (unpaired) electrons. The van der Waals surface area contributed by atoms with E-state index in [2.05, 4.69) is 43.1 Å². The van der Waals surface area contributed by atoms with Crippen molar-refractivity contribution in [1.82, 2.24) is 15.1 Å². The molecule has 1 rings (SSSR count). The molecule has 0 saturated carbocycles. The van der Waals surface area contributed by atoms with Crippen LogP contribution < -0.4 is 5.32 Å². The molecule has 0 aliphatic carbocycles. The van der Waals surface area contributed by atoms with Gasteiger partial charge in [-0.15, -0.1) is 0 Å². The molecule has 3 heteroatoms. The largest absolute Gasteiger partial charge is 0.315 e. The zero-order valence-corrected chi connectivity index (χ0v) is 12.9. The number of likely N-dealkylation sites (N-methyl/N-ethyl adjacent to an activating group) is 1. The Morgan fingerprint density at radius 1 is 1.22 bits per heavy atom. The summed E-state index contributed by atoms with van der Waals surface area (Å²) in [5.74, 6) is 1.73. The van der Waals surface area contributed by atoms with Gasteiger partial charge >= 0.3 is 0 Å². The van der Waals surface area contributed by atoms with Crippen molar-refractivity contribution in [2.75, 3.05) is 53.4 Å². The second-order valence-electron chi connectivity index (χ2n) is 6.44. The molecular weight excluding hydrogens is 222 g/mol. The lowest BCUT2D eigenvalue weighted by Gasteiger charge is -2.31. The number of hydrogen-bond acceptors (Lipinski definition) is 3. The van der Waals surface area contributed by atoms with E-state index in [-0.39, 0.29) is 0 Å². The third kappa shape index (κ3) is 7.34. The van der Waals surface area contributed by atoms with E-state index >= 15 is 0 Å². The van der Waals surface area contributed by atoms with Gasteiger partial charge in [0.2, 0.25) is 0 Å². The molecule has 1 aliphatic heterocycles. The van der Waals surface area contributed by atoms with E-state index in [1.807, 2.05) is 0 Å². The van der Waals surface area contributed by atoms with E-state index in [1.54, 1.807) is 0 Å². The summed E-state index contributed by atoms with van der Waals surface area (Å²) >= 11 is 0. The number of hydrogen-bond donors (Lipinski definition) is 1. The zero-order valence-electron chi connectivity index (χ0n) is 12.9. The van der Waals surface area contributed by atoms with E-state index in [4.69, 9.17) is 0 Å². The normalized spacial score (nSPS) is 19.0. The van der Waals surface area contributed by atoms with Crippen LogP contribution in [0, 0.1) is 11.8 Å². The van der Waals surface area contributed by atoms with Gasteiger partial charge in [0.25, 0.3) is 0 Å². The third-order valence-electron chi connectivity index (χ3n) is 3.98. The van der Waals surface area contributed by atoms with Crippen molar-refractivity contribution in [3.8, 4) is 0 Å². The molecule has 0 atom stereocenters. The van der Waals surface area contributed by atoms with Gasteiger partial charge in [0.05, 0.1) is 0 Å². The lowest BCUT2D eigenvalue weighted by molar-refractivity contribution is 0.176. The SMILES string of the molecule is CC(C)CCNCCN(C)CC1CCN(C)CC1. The molecule has 1 heterocycles. The Bertz CT molecular complexity index is 198. The van der Waals surface area contributed by atoms with Gasteiger partial charge in [-0.2, -0.15) is 0 Å². The maximum atomic E-state index is 3.54. The molecule has 1 saturated heterocycles. The molecule has 0 aromatic heterocycles. The summed E-state index contributed by atoms with van der Waals surface area (Å²) in [5.41, 5.74) is 0. The fourth-order valence-corrected chi connectivity index (χ4v) is 2.56. The van der Waals surface area contributed by atoms with Gasteiger partial charge in [0.15, 0.2) is 0 Å². The molecule has 1 aliphatic rings. The van der Waals surface area contributed by atoms with Crippen molar-refractivity contribution in [2.24, 2.45) is 11.8 Å². The third-order valence-corrected chi connectivity index (χ3v) is 3.98. The van der Waals surface area contributed by atoms with Crippen molar-refractivity contribution in [3.63, 3.8) is 0 Å². The summed E-state index contributed by atoms with van der Waals surface area (Å²) in [6.07, 6.45) is 4.04. The summed E-state index contributed by atoms with van der Waals surface area (Å²) in [4.78, 5) is 4.95. The molecule has 0 bridgehead atoms. The first-order valence-corrected chi connectivity index (χ1v) is 7.65. The molecule has 1 fully saturated rings. The van der Waals surface area contributed by atoms with Gasteiger partial charge in [-0.05, 0) is 64.8 Å². The molecule has 0 aromatic carbocycles. The number of nitrogens with one attached hydrogen (secondary N) is 1. The van der Waals surface area contributed by atoms with Crippen molar-refractivity contribution < 1.29 is 0 Å². The molecular formula is C15H33N3. The van der Waals surface area contributed by atoms with Crippen LogP contribution in [-0.2, 0) is 0 Å². The van der Waals surface area contributed by atoms with Gasteiger partial charge in [0, 0.05) is 19.6 Å². The van der Waals surface area contributed by atoms with Crippen LogP contribution in [0.3, 0.4) is 0 Å². The van der Waals surface area contributed by atoms with E-state index in [0.717, 1.165) is 18.4 Å². The maximum Gasteiger partial charge on any atom is 0.0104 e. The highest BCUT2D eigenvalue weighted by Gasteiger charge is 2.17. The maximum absolute atomic E-state index is 3.54. The number of nitrogens with zero attached hydrogens (tertiary/aromatic N) is 2. The predicted molar refractivity (Wildman–Crippen MR) is 80.0 cm³/mol. The quantitative estimate of drug-likeness (QED) is 0.668. The summed E-state index contributed by atoms with van der Waals surface area (Å²) in [6.45, 7) is 11.9. The standard InChI is InChI=1S/C15H33N3/c1-14(2)5-8-16-9-12-18(4)13-15-6-10-17(3)11-7-15/h14-16H,5-13H2,1-4H3. The second-order valence-corrected chi connectivity index (χ2v) is 6.44. The van der Waals surface area contributed by atoms with Gasteiger partial charge < -0.3 is 15.1 Å². The predicted octanol–water partition coefficient (Wildman–Crippen LogP) is 1.90. The van der Waals surface area contributed by atoms with Crippen LogP contribution in [-0.4, -0.2) is 63.2 Å². The van der Waals surface area contributed by atoms with E-state index in [1.165, 1.54) is 52.0 Å². The molecule has 108 valence electrons. The lowest BCUT2D eigenvalue weighted by atomic mass is 9.97. The molecule has 0 aromatic rings. The van der Waals surface area contributed by atoms with Gasteiger partial charge in [-0.25, -0.2) is 0 Å². The Hall–Kier alpha value is -0.120. The van der Waals surface area contributed by atoms with Gasteiger partial charge in [-0.3, -0.25) is 0 Å². The van der Waals surface area contributed by atoms with E-state index < -0.39 is 0 Å². The van der Waals surface area contributed by atoms with Crippen LogP contribution >= 0.6 is 0 Å². The average Bonchev–Trinajstić information content (AvgIpc) is 2.31. The lowest BCUT2D eigenvalue weighted by Crippen LogP contribution is -2.38. The van der Waals surface area contributed by atoms with Gasteiger partial charge in [-0.1, -0.05) is 13.8 Å². The smallest absolute Gasteiger partial charge is 0.0104 e. The molecule has 0 spiro atoms. The average molecular weight is 255 g/mol. The summed E-state index contributed by atoms with van der Waals surface area (Å²) < 4.78 is 0. The molecule has 3 nitrogen and oxygen atoms in total. The highest BCUT2D eigenvalue weighted by atomic mass is 15.1. The molecule has 1 N–H and O–H groups in total. The summed E-state index contributed by atoms with van der Waals surface area (Å²) in [7, 11) is 4.50. The molecule has 18 heavy (non-hydrogen) atoms. The van der Waals surface area contributed by atoms with Gasteiger partial charge in [0.1, 0.15) is 0 Å². The van der Waals surface area contributed by atoms with Crippen molar-refractivity contribution in [3.05, 3.63) is 0 Å². The van der Waals surface area contributed by atoms with Crippen LogP contribution in [0.2, 0.25) is 0 Å². The Morgan fingerprint density at radius 3 is 2.50 bits per heavy atom. The van der Waals surface area contributed by atoms with Crippen LogP contribution in [0.15, 0.2) is 0 Å². The minimum Gasteiger partial charge on any atom is -0.315 e. The highest BCUT2D eigenvalue weighted by Crippen LogP contribution is 2.16. The zero-order chi connectivity index (χ0) is 13.4. The monoisotopic (exact) mass is 255 g/mol. The van der Waals surface area contributed by atoms with Crippen molar-refractivity contribution in [1.29, 1.82) is 0 Å². The summed E-state index contributed by atoms with van der Waals surface area (Å²) in [5, 5.41) is 3.54. The fraction of sp³-hybridized carbons (Fsp3) is 1.00. The first-order valence-electron chi connectivity index (χ1n) is 7.65. The number of rotatable bonds is 8. The Kier molecular flexibility index (Phi) is 7.87. The minimum atomic E-state index is 0.814. The first kappa shape index (κ1) is 15.9. The fourth-order valence-electron chi connectivity index (χ4n) is 2.56.